The molecule has 0 saturated carbocycles. The Hall–Kier alpha value is -1.39. The van der Waals surface area contributed by atoms with Crippen molar-refractivity contribution in [1.82, 2.24) is 4.98 Å². The molecule has 0 radical (unpaired) electrons. The van der Waals surface area contributed by atoms with Crippen LogP contribution < -0.4 is 10.5 Å². The molecule has 1 aliphatic heterocycles. The fraction of sp³-hybridized carbons (Fsp3) is 0.308. The van der Waals surface area contributed by atoms with Crippen LogP contribution in [-0.4, -0.2) is 17.1 Å². The van der Waals surface area contributed by atoms with Crippen LogP contribution in [0.5, 0.6) is 5.75 Å². The molecule has 2 aromatic rings. The van der Waals surface area contributed by atoms with E-state index in [0.717, 1.165) is 24.3 Å². The highest BCUT2D eigenvalue weighted by Crippen LogP contribution is 2.29. The van der Waals surface area contributed by atoms with Gasteiger partial charge >= 0.3 is 0 Å². The van der Waals surface area contributed by atoms with Gasteiger partial charge in [0.1, 0.15) is 12.4 Å². The average molecular weight is 246 g/mol. The van der Waals surface area contributed by atoms with E-state index >= 15 is 0 Å². The maximum Gasteiger partial charge on any atom is 0.122 e. The van der Waals surface area contributed by atoms with Crippen molar-refractivity contribution in [1.29, 1.82) is 0 Å². The monoisotopic (exact) mass is 246 g/mol. The lowest BCUT2D eigenvalue weighted by Gasteiger charge is -2.34. The van der Waals surface area contributed by atoms with Crippen molar-refractivity contribution in [3.63, 3.8) is 0 Å². The van der Waals surface area contributed by atoms with Gasteiger partial charge in [-0.1, -0.05) is 18.2 Å². The molecule has 4 heteroatoms. The number of thiazole rings is 1. The number of fused-ring (bicyclic) bond motifs is 1. The Kier molecular flexibility index (Phi) is 2.61. The van der Waals surface area contributed by atoms with Crippen LogP contribution in [0.15, 0.2) is 35.2 Å². The van der Waals surface area contributed by atoms with Crippen LogP contribution in [0.3, 0.4) is 0 Å². The van der Waals surface area contributed by atoms with E-state index in [1.807, 2.05) is 23.7 Å². The molecule has 0 saturated heterocycles. The molecule has 2 heterocycles. The fourth-order valence-electron chi connectivity index (χ4n) is 2.24. The predicted octanol–water partition coefficient (Wildman–Crippen LogP) is 2.02. The molecule has 0 fully saturated rings. The first-order chi connectivity index (χ1) is 8.25. The lowest BCUT2D eigenvalue weighted by molar-refractivity contribution is 0.189. The summed E-state index contributed by atoms with van der Waals surface area (Å²) in [6.45, 7) is 0.557. The highest BCUT2D eigenvalue weighted by atomic mass is 32.1. The summed E-state index contributed by atoms with van der Waals surface area (Å²) in [5.41, 5.74) is 10.2. The highest BCUT2D eigenvalue weighted by Gasteiger charge is 2.32. The summed E-state index contributed by atoms with van der Waals surface area (Å²) in [5, 5.41) is 2.05. The molecular formula is C13H14N2OS. The summed E-state index contributed by atoms with van der Waals surface area (Å²) >= 11 is 1.60. The largest absolute Gasteiger partial charge is 0.491 e. The number of aromatic nitrogens is 1. The Morgan fingerprint density at radius 2 is 2.29 bits per heavy atom. The zero-order valence-corrected chi connectivity index (χ0v) is 10.2. The van der Waals surface area contributed by atoms with Crippen molar-refractivity contribution in [2.75, 3.05) is 6.61 Å². The van der Waals surface area contributed by atoms with Crippen molar-refractivity contribution >= 4 is 11.3 Å². The molecule has 1 unspecified atom stereocenters. The van der Waals surface area contributed by atoms with Gasteiger partial charge in [-0.15, -0.1) is 11.3 Å². The molecule has 0 bridgehead atoms. The Morgan fingerprint density at radius 3 is 3.12 bits per heavy atom. The van der Waals surface area contributed by atoms with Gasteiger partial charge in [0.15, 0.2) is 0 Å². The van der Waals surface area contributed by atoms with Crippen LogP contribution >= 0.6 is 11.3 Å². The number of hydrogen-bond acceptors (Lipinski definition) is 4. The highest BCUT2D eigenvalue weighted by molar-refractivity contribution is 7.07. The van der Waals surface area contributed by atoms with Gasteiger partial charge in [-0.05, 0) is 18.1 Å². The SMILES string of the molecule is NC1(Cc2cscn2)COc2ccccc2C1. The van der Waals surface area contributed by atoms with E-state index in [2.05, 4.69) is 16.4 Å². The second-order valence-corrected chi connectivity index (χ2v) is 5.31. The summed E-state index contributed by atoms with van der Waals surface area (Å²) in [6.07, 6.45) is 1.62. The van der Waals surface area contributed by atoms with Crippen molar-refractivity contribution in [3.05, 3.63) is 46.4 Å². The minimum Gasteiger partial charge on any atom is -0.491 e. The first kappa shape index (κ1) is 10.7. The summed E-state index contributed by atoms with van der Waals surface area (Å²) in [5.74, 6) is 0.965. The van der Waals surface area contributed by atoms with E-state index in [1.54, 1.807) is 11.3 Å². The first-order valence-corrected chi connectivity index (χ1v) is 6.56. The minimum absolute atomic E-state index is 0.331. The van der Waals surface area contributed by atoms with Gasteiger partial charge in [0, 0.05) is 11.8 Å². The van der Waals surface area contributed by atoms with Gasteiger partial charge in [-0.3, -0.25) is 0 Å². The van der Waals surface area contributed by atoms with Crippen molar-refractivity contribution in [2.45, 2.75) is 18.4 Å². The lowest BCUT2D eigenvalue weighted by Crippen LogP contribution is -2.51. The van der Waals surface area contributed by atoms with E-state index in [9.17, 15) is 0 Å². The number of rotatable bonds is 2. The third-order valence-corrected chi connectivity index (χ3v) is 3.68. The molecule has 1 aliphatic rings. The second kappa shape index (κ2) is 4.13. The maximum atomic E-state index is 6.40. The predicted molar refractivity (Wildman–Crippen MR) is 68.4 cm³/mol. The molecule has 88 valence electrons. The molecule has 2 N–H and O–H groups in total. The molecule has 1 aromatic heterocycles. The second-order valence-electron chi connectivity index (χ2n) is 4.59. The number of benzene rings is 1. The van der Waals surface area contributed by atoms with Crippen LogP contribution in [0.25, 0.3) is 0 Å². The van der Waals surface area contributed by atoms with Crippen LogP contribution in [0.1, 0.15) is 11.3 Å². The van der Waals surface area contributed by atoms with E-state index in [-0.39, 0.29) is 5.54 Å². The molecule has 0 amide bonds. The zero-order chi connectivity index (χ0) is 11.7. The Bertz CT molecular complexity index is 512. The molecule has 17 heavy (non-hydrogen) atoms. The number of nitrogens with zero attached hydrogens (tertiary/aromatic N) is 1. The quantitative estimate of drug-likeness (QED) is 0.882. The summed E-state index contributed by atoms with van der Waals surface area (Å²) in [6, 6.07) is 8.09. The molecule has 3 nitrogen and oxygen atoms in total. The smallest absolute Gasteiger partial charge is 0.122 e. The normalized spacial score (nSPS) is 22.9. The van der Waals surface area contributed by atoms with Crippen molar-refractivity contribution in [3.8, 4) is 5.75 Å². The summed E-state index contributed by atoms with van der Waals surface area (Å²) in [4.78, 5) is 4.29. The number of ether oxygens (including phenoxy) is 1. The third-order valence-electron chi connectivity index (χ3n) is 3.05. The van der Waals surface area contributed by atoms with Crippen LogP contribution in [0, 0.1) is 0 Å². The Balaban J connectivity index is 1.82. The first-order valence-electron chi connectivity index (χ1n) is 5.62. The van der Waals surface area contributed by atoms with Crippen LogP contribution in [0.2, 0.25) is 0 Å². The standard InChI is InChI=1S/C13H14N2OS/c14-13(6-11-7-17-9-15-11)5-10-3-1-2-4-12(10)16-8-13/h1-4,7,9H,5-6,8,14H2. The van der Waals surface area contributed by atoms with Gasteiger partial charge in [0.2, 0.25) is 0 Å². The summed E-state index contributed by atoms with van der Waals surface area (Å²) < 4.78 is 5.74. The third kappa shape index (κ3) is 2.18. The summed E-state index contributed by atoms with van der Waals surface area (Å²) in [7, 11) is 0. The van der Waals surface area contributed by atoms with Gasteiger partial charge in [-0.2, -0.15) is 0 Å². The van der Waals surface area contributed by atoms with E-state index < -0.39 is 0 Å². The van der Waals surface area contributed by atoms with E-state index in [4.69, 9.17) is 10.5 Å². The number of hydrogen-bond donors (Lipinski definition) is 1. The maximum absolute atomic E-state index is 6.40. The van der Waals surface area contributed by atoms with E-state index in [0.29, 0.717) is 6.61 Å². The molecular weight excluding hydrogens is 232 g/mol. The topological polar surface area (TPSA) is 48.1 Å². The molecule has 1 atom stereocenters. The van der Waals surface area contributed by atoms with Gasteiger partial charge in [0.05, 0.1) is 16.7 Å². The van der Waals surface area contributed by atoms with Gasteiger partial charge < -0.3 is 10.5 Å². The van der Waals surface area contributed by atoms with Gasteiger partial charge in [0.25, 0.3) is 0 Å². The lowest BCUT2D eigenvalue weighted by atomic mass is 9.86. The Morgan fingerprint density at radius 1 is 1.41 bits per heavy atom. The van der Waals surface area contributed by atoms with Crippen LogP contribution in [-0.2, 0) is 12.8 Å². The molecule has 1 aromatic carbocycles. The van der Waals surface area contributed by atoms with E-state index in [1.165, 1.54) is 5.56 Å². The zero-order valence-electron chi connectivity index (χ0n) is 9.43. The van der Waals surface area contributed by atoms with Gasteiger partial charge in [-0.25, -0.2) is 4.98 Å². The molecule has 0 spiro atoms. The minimum atomic E-state index is -0.331. The number of para-hydroxylation sites is 1. The number of nitrogens with two attached hydrogens (primary N) is 1. The van der Waals surface area contributed by atoms with Crippen molar-refractivity contribution < 1.29 is 4.74 Å². The Labute approximate surface area is 104 Å². The average Bonchev–Trinajstić information content (AvgIpc) is 2.81. The van der Waals surface area contributed by atoms with Crippen LogP contribution in [0.4, 0.5) is 0 Å². The molecule has 0 aliphatic carbocycles. The van der Waals surface area contributed by atoms with Crippen molar-refractivity contribution in [2.24, 2.45) is 5.73 Å². The fourth-order valence-corrected chi connectivity index (χ4v) is 2.80. The molecule has 3 rings (SSSR count).